The molecule has 0 aliphatic heterocycles. The Labute approximate surface area is 80.1 Å². The number of ketones is 1. The molecule has 0 N–H and O–H groups in total. The highest BCUT2D eigenvalue weighted by molar-refractivity contribution is 5.84. The first-order valence-electron chi connectivity index (χ1n) is 4.49. The number of carbonyl (C=O) groups excluding carboxylic acids is 2. The number of rotatable bonds is 6. The summed E-state index contributed by atoms with van der Waals surface area (Å²) in [6.07, 6.45) is 2.90. The highest BCUT2D eigenvalue weighted by atomic mass is 16.1. The maximum Gasteiger partial charge on any atom is 0.205 e. The zero-order chi connectivity index (χ0) is 10.5. The van der Waals surface area contributed by atoms with Gasteiger partial charge in [-0.1, -0.05) is 13.8 Å². The van der Waals surface area contributed by atoms with Crippen LogP contribution in [0.1, 0.15) is 26.7 Å². The standard InChI is InChI=1S/C10H18NO2/c1-5-10(2,8-12)6-9(13)7-11(3)4/h5-7H2,1-4H3. The number of Topliss-reactive ketones (excluding diaryl/α,β-unsaturated/α-hetero) is 1. The van der Waals surface area contributed by atoms with Gasteiger partial charge in [0.1, 0.15) is 5.78 Å². The highest BCUT2D eigenvalue weighted by Crippen LogP contribution is 2.22. The molecule has 0 aromatic carbocycles. The van der Waals surface area contributed by atoms with Crippen molar-refractivity contribution in [1.29, 1.82) is 0 Å². The van der Waals surface area contributed by atoms with E-state index in [1.54, 1.807) is 6.92 Å². The van der Waals surface area contributed by atoms with Gasteiger partial charge in [0.25, 0.3) is 0 Å². The van der Waals surface area contributed by atoms with Crippen LogP contribution in [0.5, 0.6) is 0 Å². The van der Waals surface area contributed by atoms with Gasteiger partial charge in [-0.3, -0.25) is 9.59 Å². The van der Waals surface area contributed by atoms with Gasteiger partial charge in [-0.2, -0.15) is 0 Å². The minimum Gasteiger partial charge on any atom is -0.302 e. The minimum atomic E-state index is -0.590. The third-order valence-corrected chi connectivity index (χ3v) is 2.11. The van der Waals surface area contributed by atoms with Crippen molar-refractivity contribution in [2.75, 3.05) is 20.6 Å². The van der Waals surface area contributed by atoms with Crippen LogP contribution in [-0.4, -0.2) is 37.6 Å². The van der Waals surface area contributed by atoms with E-state index in [1.807, 2.05) is 32.2 Å². The molecule has 0 aromatic rings. The molecule has 0 bridgehead atoms. The molecule has 1 unspecified atom stereocenters. The zero-order valence-corrected chi connectivity index (χ0v) is 8.89. The molecule has 0 spiro atoms. The summed E-state index contributed by atoms with van der Waals surface area (Å²) in [5.74, 6) is 0.0951. The average Bonchev–Trinajstić information content (AvgIpc) is 2.02. The largest absolute Gasteiger partial charge is 0.302 e. The van der Waals surface area contributed by atoms with Crippen LogP contribution >= 0.6 is 0 Å². The molecule has 0 saturated carbocycles. The number of nitrogens with zero attached hydrogens (tertiary/aromatic N) is 1. The summed E-state index contributed by atoms with van der Waals surface area (Å²) in [6, 6.07) is 0. The number of hydrogen-bond donors (Lipinski definition) is 0. The number of likely N-dealkylation sites (N-methyl/N-ethyl adjacent to an activating group) is 1. The van der Waals surface area contributed by atoms with Crippen molar-refractivity contribution in [3.63, 3.8) is 0 Å². The average molecular weight is 184 g/mol. The summed E-state index contributed by atoms with van der Waals surface area (Å²) in [7, 11) is 3.68. The molecule has 1 radical (unpaired) electrons. The van der Waals surface area contributed by atoms with E-state index in [1.165, 1.54) is 0 Å². The molecule has 3 nitrogen and oxygen atoms in total. The van der Waals surface area contributed by atoms with Gasteiger partial charge in [-0.25, -0.2) is 0 Å². The molecule has 0 amide bonds. The zero-order valence-electron chi connectivity index (χ0n) is 8.89. The van der Waals surface area contributed by atoms with Gasteiger partial charge >= 0.3 is 0 Å². The lowest BCUT2D eigenvalue weighted by Gasteiger charge is -2.19. The Morgan fingerprint density at radius 1 is 1.46 bits per heavy atom. The predicted molar refractivity (Wildman–Crippen MR) is 52.3 cm³/mol. The van der Waals surface area contributed by atoms with Crippen molar-refractivity contribution in [1.82, 2.24) is 4.90 Å². The van der Waals surface area contributed by atoms with Crippen molar-refractivity contribution in [2.24, 2.45) is 5.41 Å². The molecule has 0 aliphatic rings. The smallest absolute Gasteiger partial charge is 0.205 e. The molecular weight excluding hydrogens is 166 g/mol. The lowest BCUT2D eigenvalue weighted by molar-refractivity contribution is -0.121. The first kappa shape index (κ1) is 12.3. The second-order valence-corrected chi connectivity index (χ2v) is 3.97. The SMILES string of the molecule is CCC(C)([C]=O)CC(=O)CN(C)C. The maximum atomic E-state index is 11.4. The van der Waals surface area contributed by atoms with E-state index < -0.39 is 5.41 Å². The van der Waals surface area contributed by atoms with E-state index >= 15 is 0 Å². The van der Waals surface area contributed by atoms with Gasteiger partial charge in [-0.05, 0) is 20.5 Å². The summed E-state index contributed by atoms with van der Waals surface area (Å²) in [5, 5.41) is 0. The molecular formula is C10H18NO2. The Bertz CT molecular complexity index is 189. The van der Waals surface area contributed by atoms with Crippen LogP contribution in [0.3, 0.4) is 0 Å². The number of carbonyl (C=O) groups is 1. The van der Waals surface area contributed by atoms with E-state index in [0.717, 1.165) is 0 Å². The highest BCUT2D eigenvalue weighted by Gasteiger charge is 2.25. The van der Waals surface area contributed by atoms with Crippen LogP contribution < -0.4 is 0 Å². The van der Waals surface area contributed by atoms with Crippen molar-refractivity contribution in [3.8, 4) is 0 Å². The molecule has 0 aromatic heterocycles. The summed E-state index contributed by atoms with van der Waals surface area (Å²) < 4.78 is 0. The lowest BCUT2D eigenvalue weighted by atomic mass is 9.84. The minimum absolute atomic E-state index is 0.0951. The first-order chi connectivity index (χ1) is 5.93. The Kier molecular flexibility index (Phi) is 4.85. The van der Waals surface area contributed by atoms with Crippen molar-refractivity contribution in [2.45, 2.75) is 26.7 Å². The molecule has 75 valence electrons. The van der Waals surface area contributed by atoms with Crippen molar-refractivity contribution in [3.05, 3.63) is 0 Å². The van der Waals surface area contributed by atoms with Gasteiger partial charge < -0.3 is 4.90 Å². The maximum absolute atomic E-state index is 11.4. The predicted octanol–water partition coefficient (Wildman–Crippen LogP) is 1.03. The molecule has 13 heavy (non-hydrogen) atoms. The first-order valence-corrected chi connectivity index (χ1v) is 4.49. The third kappa shape index (κ3) is 4.78. The summed E-state index contributed by atoms with van der Waals surface area (Å²) in [6.45, 7) is 4.07. The fourth-order valence-electron chi connectivity index (χ4n) is 1.08. The topological polar surface area (TPSA) is 37.4 Å². The van der Waals surface area contributed by atoms with Gasteiger partial charge in [0.15, 0.2) is 0 Å². The Hall–Kier alpha value is -0.700. The van der Waals surface area contributed by atoms with E-state index in [0.29, 0.717) is 19.4 Å². The van der Waals surface area contributed by atoms with Gasteiger partial charge in [0.2, 0.25) is 6.29 Å². The van der Waals surface area contributed by atoms with Crippen molar-refractivity contribution >= 4 is 12.1 Å². The summed E-state index contributed by atoms with van der Waals surface area (Å²) >= 11 is 0. The van der Waals surface area contributed by atoms with Crippen LogP contribution in [0.4, 0.5) is 0 Å². The normalized spacial score (nSPS) is 15.5. The molecule has 0 aliphatic carbocycles. The molecule has 3 heteroatoms. The fourth-order valence-corrected chi connectivity index (χ4v) is 1.08. The molecule has 0 fully saturated rings. The van der Waals surface area contributed by atoms with Crippen LogP contribution in [0.2, 0.25) is 0 Å². The number of hydrogen-bond acceptors (Lipinski definition) is 3. The lowest BCUT2D eigenvalue weighted by Crippen LogP contribution is -2.28. The molecule has 0 rings (SSSR count). The third-order valence-electron chi connectivity index (χ3n) is 2.11. The van der Waals surface area contributed by atoms with Crippen molar-refractivity contribution < 1.29 is 9.59 Å². The van der Waals surface area contributed by atoms with Crippen LogP contribution in [-0.2, 0) is 9.59 Å². The molecule has 0 heterocycles. The Balaban J connectivity index is 4.09. The van der Waals surface area contributed by atoms with Gasteiger partial charge in [-0.15, -0.1) is 0 Å². The van der Waals surface area contributed by atoms with E-state index in [2.05, 4.69) is 0 Å². The Morgan fingerprint density at radius 2 is 2.00 bits per heavy atom. The van der Waals surface area contributed by atoms with Crippen LogP contribution in [0.15, 0.2) is 0 Å². The molecule has 1 atom stereocenters. The van der Waals surface area contributed by atoms with Gasteiger partial charge in [0.05, 0.1) is 6.54 Å². The quantitative estimate of drug-likeness (QED) is 0.619. The molecule has 0 saturated heterocycles. The van der Waals surface area contributed by atoms with Crippen LogP contribution in [0, 0.1) is 5.41 Å². The van der Waals surface area contributed by atoms with Gasteiger partial charge in [0, 0.05) is 11.8 Å². The monoisotopic (exact) mass is 184 g/mol. The second-order valence-electron chi connectivity index (χ2n) is 3.97. The van der Waals surface area contributed by atoms with E-state index in [9.17, 15) is 9.59 Å². The summed E-state index contributed by atoms with van der Waals surface area (Å²) in [5.41, 5.74) is -0.590. The fraction of sp³-hybridized carbons (Fsp3) is 0.800. The van der Waals surface area contributed by atoms with E-state index in [4.69, 9.17) is 0 Å². The van der Waals surface area contributed by atoms with E-state index in [-0.39, 0.29) is 5.78 Å². The Morgan fingerprint density at radius 3 is 2.31 bits per heavy atom. The second kappa shape index (κ2) is 5.12. The summed E-state index contributed by atoms with van der Waals surface area (Å²) in [4.78, 5) is 23.8. The van der Waals surface area contributed by atoms with Crippen LogP contribution in [0.25, 0.3) is 0 Å².